The highest BCUT2D eigenvalue weighted by Gasteiger charge is 2.62. The third-order valence-electron chi connectivity index (χ3n) is 9.18. The molecule has 0 atom stereocenters. The third kappa shape index (κ3) is 1.91. The summed E-state index contributed by atoms with van der Waals surface area (Å²) in [7, 11) is 0. The number of hydrogen-bond acceptors (Lipinski definition) is 1. The largest absolute Gasteiger partial charge is 0.376 e. The Morgan fingerprint density at radius 2 is 0.875 bits per heavy atom. The second-order valence-electron chi connectivity index (χ2n) is 11.0. The summed E-state index contributed by atoms with van der Waals surface area (Å²) < 4.78 is 0. The number of hydrogen-bond donors (Lipinski definition) is 1. The van der Waals surface area contributed by atoms with E-state index in [1.807, 2.05) is 0 Å². The van der Waals surface area contributed by atoms with Crippen LogP contribution in [0.15, 0.2) is 0 Å². The molecule has 0 aliphatic heterocycles. The first-order valence-electron chi connectivity index (χ1n) is 10.6. The predicted octanol–water partition coefficient (Wildman–Crippen LogP) is 4.47. The predicted molar refractivity (Wildman–Crippen MR) is 100 cm³/mol. The first kappa shape index (κ1) is 14.8. The summed E-state index contributed by atoms with van der Waals surface area (Å²) in [5.74, 6) is 5.84. The highest BCUT2D eigenvalue weighted by atomic mass is 32.1. The van der Waals surface area contributed by atoms with E-state index >= 15 is 0 Å². The molecule has 0 unspecified atom stereocenters. The minimum atomic E-state index is 0.353. The zero-order valence-corrected chi connectivity index (χ0v) is 15.7. The van der Waals surface area contributed by atoms with Crippen LogP contribution in [-0.4, -0.2) is 21.1 Å². The van der Waals surface area contributed by atoms with Crippen molar-refractivity contribution < 1.29 is 0 Å². The lowest BCUT2D eigenvalue weighted by atomic mass is 9.48. The molecule has 8 aliphatic carbocycles. The van der Waals surface area contributed by atoms with Gasteiger partial charge in [-0.25, -0.2) is 0 Å². The van der Waals surface area contributed by atoms with Crippen LogP contribution < -0.4 is 5.73 Å². The third-order valence-corrected chi connectivity index (χ3v) is 9.36. The summed E-state index contributed by atoms with van der Waals surface area (Å²) in [5.41, 5.74) is 7.24. The molecule has 8 rings (SSSR count). The van der Waals surface area contributed by atoms with E-state index < -0.39 is 0 Å². The molecule has 0 heterocycles. The summed E-state index contributed by atoms with van der Waals surface area (Å²) in [6.07, 6.45) is 17.4. The Balaban J connectivity index is 1.42. The van der Waals surface area contributed by atoms with E-state index in [1.165, 1.54) is 77.0 Å². The topological polar surface area (TPSA) is 29.3 Å². The molecule has 2 nitrogen and oxygen atoms in total. The van der Waals surface area contributed by atoms with Gasteiger partial charge in [-0.1, -0.05) is 0 Å². The van der Waals surface area contributed by atoms with Crippen LogP contribution >= 0.6 is 12.2 Å². The Hall–Kier alpha value is -0.310. The molecule has 0 saturated heterocycles. The molecule has 0 aromatic heterocycles. The number of rotatable bonds is 2. The van der Waals surface area contributed by atoms with Crippen molar-refractivity contribution in [3.8, 4) is 0 Å². The molecule has 8 saturated carbocycles. The fraction of sp³-hybridized carbons (Fsp3) is 0.952. The molecule has 132 valence electrons. The van der Waals surface area contributed by atoms with Gasteiger partial charge in [-0.05, 0) is 125 Å². The van der Waals surface area contributed by atoms with Gasteiger partial charge in [-0.3, -0.25) is 0 Å². The Morgan fingerprint density at radius 3 is 1.08 bits per heavy atom. The lowest BCUT2D eigenvalue weighted by Crippen LogP contribution is -2.72. The Labute approximate surface area is 151 Å². The number of nitrogens with two attached hydrogens (primary N) is 1. The summed E-state index contributed by atoms with van der Waals surface area (Å²) in [4.78, 5) is 2.75. The van der Waals surface area contributed by atoms with Gasteiger partial charge in [-0.2, -0.15) is 0 Å². The summed E-state index contributed by atoms with van der Waals surface area (Å²) in [6.45, 7) is 0. The monoisotopic (exact) mass is 344 g/mol. The minimum absolute atomic E-state index is 0.353. The lowest BCUT2D eigenvalue weighted by Gasteiger charge is -2.69. The van der Waals surface area contributed by atoms with Gasteiger partial charge in [0.2, 0.25) is 0 Å². The standard InChI is InChI=1S/C21H32N2S/c22-19(24)23(20-7-13-1-14(8-20)3-15(2-13)9-20)21-10-16-4-17(11-21)6-18(5-16)12-21/h13-18H,1-12H2,(H2,22,24). The van der Waals surface area contributed by atoms with Crippen LogP contribution in [-0.2, 0) is 0 Å². The maximum absolute atomic E-state index is 6.54. The van der Waals surface area contributed by atoms with E-state index in [1.54, 1.807) is 0 Å². The average Bonchev–Trinajstić information content (AvgIpc) is 2.42. The van der Waals surface area contributed by atoms with Crippen LogP contribution in [0.4, 0.5) is 0 Å². The summed E-state index contributed by atoms with van der Waals surface area (Å²) in [5, 5.41) is 0.763. The fourth-order valence-electron chi connectivity index (χ4n) is 9.65. The quantitative estimate of drug-likeness (QED) is 0.750. The molecule has 0 spiro atoms. The van der Waals surface area contributed by atoms with Crippen LogP contribution in [0.2, 0.25) is 0 Å². The van der Waals surface area contributed by atoms with E-state index in [0.717, 1.165) is 40.6 Å². The van der Waals surface area contributed by atoms with Crippen molar-refractivity contribution in [2.24, 2.45) is 41.2 Å². The molecule has 2 N–H and O–H groups in total. The van der Waals surface area contributed by atoms with Crippen LogP contribution in [0, 0.1) is 35.5 Å². The van der Waals surface area contributed by atoms with Gasteiger partial charge in [0.25, 0.3) is 0 Å². The van der Waals surface area contributed by atoms with Crippen molar-refractivity contribution >= 4 is 17.3 Å². The molecule has 0 aromatic rings. The maximum atomic E-state index is 6.54. The van der Waals surface area contributed by atoms with Crippen LogP contribution in [0.1, 0.15) is 77.0 Å². The van der Waals surface area contributed by atoms with Crippen LogP contribution in [0.5, 0.6) is 0 Å². The second kappa shape index (κ2) is 4.69. The zero-order chi connectivity index (χ0) is 16.1. The van der Waals surface area contributed by atoms with E-state index in [9.17, 15) is 0 Å². The van der Waals surface area contributed by atoms with E-state index in [2.05, 4.69) is 4.90 Å². The fourth-order valence-corrected chi connectivity index (χ4v) is 10.0. The Morgan fingerprint density at radius 1 is 0.625 bits per heavy atom. The Bertz CT molecular complexity index is 468. The molecule has 0 aromatic carbocycles. The van der Waals surface area contributed by atoms with Gasteiger partial charge in [0, 0.05) is 11.1 Å². The molecular weight excluding hydrogens is 312 g/mol. The highest BCUT2D eigenvalue weighted by molar-refractivity contribution is 7.80. The first-order valence-corrected chi connectivity index (χ1v) is 11.0. The van der Waals surface area contributed by atoms with Crippen LogP contribution in [0.25, 0.3) is 0 Å². The van der Waals surface area contributed by atoms with Gasteiger partial charge < -0.3 is 10.6 Å². The number of thiocarbonyl (C=S) groups is 1. The molecule has 8 fully saturated rings. The van der Waals surface area contributed by atoms with E-state index in [0.29, 0.717) is 11.1 Å². The van der Waals surface area contributed by atoms with E-state index in [-0.39, 0.29) is 0 Å². The normalized spacial score (nSPS) is 56.7. The molecule has 8 bridgehead atoms. The van der Waals surface area contributed by atoms with Gasteiger partial charge in [0.05, 0.1) is 0 Å². The average molecular weight is 345 g/mol. The van der Waals surface area contributed by atoms with E-state index in [4.69, 9.17) is 18.0 Å². The van der Waals surface area contributed by atoms with Gasteiger partial charge >= 0.3 is 0 Å². The molecule has 3 heteroatoms. The van der Waals surface area contributed by atoms with Crippen molar-refractivity contribution in [2.45, 2.75) is 88.1 Å². The summed E-state index contributed by atoms with van der Waals surface area (Å²) >= 11 is 5.79. The molecule has 0 radical (unpaired) electrons. The van der Waals surface area contributed by atoms with Crippen molar-refractivity contribution in [1.29, 1.82) is 0 Å². The molecular formula is C21H32N2S. The zero-order valence-electron chi connectivity index (χ0n) is 14.9. The van der Waals surface area contributed by atoms with Gasteiger partial charge in [0.1, 0.15) is 0 Å². The van der Waals surface area contributed by atoms with Crippen LogP contribution in [0.3, 0.4) is 0 Å². The number of nitrogens with zero attached hydrogens (tertiary/aromatic N) is 1. The molecule has 0 amide bonds. The van der Waals surface area contributed by atoms with Crippen molar-refractivity contribution in [3.63, 3.8) is 0 Å². The van der Waals surface area contributed by atoms with Crippen molar-refractivity contribution in [1.82, 2.24) is 4.90 Å². The van der Waals surface area contributed by atoms with Crippen molar-refractivity contribution in [3.05, 3.63) is 0 Å². The molecule has 8 aliphatic rings. The molecule has 24 heavy (non-hydrogen) atoms. The highest BCUT2D eigenvalue weighted by Crippen LogP contribution is 2.64. The lowest BCUT2D eigenvalue weighted by molar-refractivity contribution is -0.145. The Kier molecular flexibility index (Phi) is 2.90. The maximum Gasteiger partial charge on any atom is 0.167 e. The second-order valence-corrected chi connectivity index (χ2v) is 11.4. The first-order chi connectivity index (χ1) is 11.5. The van der Waals surface area contributed by atoms with Crippen molar-refractivity contribution in [2.75, 3.05) is 0 Å². The minimum Gasteiger partial charge on any atom is -0.376 e. The summed E-state index contributed by atoms with van der Waals surface area (Å²) in [6, 6.07) is 0. The SMILES string of the molecule is NC(=S)N(C12CC3CC(CC(C3)C1)C2)C12CC3CC(CC(C3)C1)C2. The smallest absolute Gasteiger partial charge is 0.167 e. The van der Waals surface area contributed by atoms with Gasteiger partial charge in [0.15, 0.2) is 5.11 Å². The van der Waals surface area contributed by atoms with Gasteiger partial charge in [-0.15, -0.1) is 0 Å².